The second-order valence-corrected chi connectivity index (χ2v) is 10.7. The molecule has 1 aliphatic heterocycles. The van der Waals surface area contributed by atoms with E-state index < -0.39 is 0 Å². The van der Waals surface area contributed by atoms with Crippen LogP contribution >= 0.6 is 46.0 Å². The lowest BCUT2D eigenvalue weighted by Gasteiger charge is -2.12. The summed E-state index contributed by atoms with van der Waals surface area (Å²) >= 11 is 11.2. The lowest BCUT2D eigenvalue weighted by molar-refractivity contribution is -0.685. The van der Waals surface area contributed by atoms with Crippen molar-refractivity contribution in [3.8, 4) is 0 Å². The first-order chi connectivity index (χ1) is 15.6. The Kier molecular flexibility index (Phi) is 5.99. The first-order valence-corrected chi connectivity index (χ1v) is 13.1. The van der Waals surface area contributed by atoms with Crippen LogP contribution in [0.5, 0.6) is 0 Å². The van der Waals surface area contributed by atoms with E-state index in [4.69, 9.17) is 11.6 Å². The van der Waals surface area contributed by atoms with E-state index in [0.29, 0.717) is 11.6 Å². The number of hydrogen-bond acceptors (Lipinski definition) is 5. The van der Waals surface area contributed by atoms with Gasteiger partial charge in [-0.15, -0.1) is 11.3 Å². The first kappa shape index (κ1) is 21.5. The SMILES string of the molecule is CCn1c(=O)/c(=C2\Sc3c(Cl)cccc3N2C)s/c1=C\c1scc[n+]1Cc1ccccc1. The Hall–Kier alpha value is -2.32. The fraction of sp³-hybridized carbons (Fsp3) is 0.167. The number of aromatic nitrogens is 2. The van der Waals surface area contributed by atoms with Gasteiger partial charge in [-0.3, -0.25) is 9.36 Å². The maximum atomic E-state index is 13.3. The molecule has 0 unspecified atom stereocenters. The van der Waals surface area contributed by atoms with E-state index in [1.807, 2.05) is 42.8 Å². The molecule has 5 rings (SSSR count). The van der Waals surface area contributed by atoms with Crippen molar-refractivity contribution in [1.29, 1.82) is 0 Å². The smallest absolute Gasteiger partial charge is 0.271 e. The molecule has 0 aliphatic carbocycles. The minimum atomic E-state index is 0.0493. The summed E-state index contributed by atoms with van der Waals surface area (Å²) in [6, 6.07) is 16.3. The van der Waals surface area contributed by atoms with E-state index in [-0.39, 0.29) is 5.56 Å². The van der Waals surface area contributed by atoms with Gasteiger partial charge in [0.2, 0.25) is 0 Å². The number of rotatable bonds is 4. The molecule has 8 heteroatoms. The highest BCUT2D eigenvalue weighted by Gasteiger charge is 2.26. The molecule has 2 aromatic heterocycles. The molecule has 162 valence electrons. The number of anilines is 1. The highest BCUT2D eigenvalue weighted by atomic mass is 35.5. The van der Waals surface area contributed by atoms with Crippen LogP contribution in [0.3, 0.4) is 0 Å². The predicted octanol–water partition coefficient (Wildman–Crippen LogP) is 4.12. The van der Waals surface area contributed by atoms with E-state index in [1.165, 1.54) is 5.56 Å². The molecule has 2 aromatic carbocycles. The van der Waals surface area contributed by atoms with Gasteiger partial charge in [0.25, 0.3) is 10.6 Å². The van der Waals surface area contributed by atoms with Crippen molar-refractivity contribution >= 4 is 62.8 Å². The Bertz CT molecular complexity index is 1470. The second-order valence-electron chi connectivity index (χ2n) is 7.37. The van der Waals surface area contributed by atoms with E-state index in [0.717, 1.165) is 36.4 Å². The van der Waals surface area contributed by atoms with Crippen molar-refractivity contribution in [2.24, 2.45) is 0 Å². The largest absolute Gasteiger partial charge is 0.337 e. The van der Waals surface area contributed by atoms with Crippen molar-refractivity contribution in [2.75, 3.05) is 11.9 Å². The van der Waals surface area contributed by atoms with E-state index >= 15 is 0 Å². The van der Waals surface area contributed by atoms with Crippen molar-refractivity contribution in [1.82, 2.24) is 4.57 Å². The molecule has 0 fully saturated rings. The molecule has 0 amide bonds. The maximum absolute atomic E-state index is 13.3. The van der Waals surface area contributed by atoms with Gasteiger partial charge in [-0.25, -0.2) is 0 Å². The summed E-state index contributed by atoms with van der Waals surface area (Å²) in [6.07, 6.45) is 4.23. The van der Waals surface area contributed by atoms with Crippen LogP contribution in [0.2, 0.25) is 5.02 Å². The third kappa shape index (κ3) is 3.83. The van der Waals surface area contributed by atoms with Crippen LogP contribution in [-0.4, -0.2) is 11.6 Å². The quantitative estimate of drug-likeness (QED) is 0.396. The van der Waals surface area contributed by atoms with Crippen molar-refractivity contribution in [3.63, 3.8) is 0 Å². The fourth-order valence-electron chi connectivity index (χ4n) is 3.75. The molecule has 4 nitrogen and oxygen atoms in total. The summed E-state index contributed by atoms with van der Waals surface area (Å²) in [5.41, 5.74) is 2.34. The van der Waals surface area contributed by atoms with Gasteiger partial charge in [-0.1, -0.05) is 71.1 Å². The summed E-state index contributed by atoms with van der Waals surface area (Å²) in [4.78, 5) is 16.4. The van der Waals surface area contributed by atoms with Gasteiger partial charge >= 0.3 is 0 Å². The lowest BCUT2D eigenvalue weighted by Crippen LogP contribution is -2.36. The van der Waals surface area contributed by atoms with Gasteiger partial charge in [0.15, 0.2) is 12.7 Å². The van der Waals surface area contributed by atoms with Crippen LogP contribution in [0.4, 0.5) is 5.69 Å². The van der Waals surface area contributed by atoms with Crippen LogP contribution in [-0.2, 0) is 13.1 Å². The third-order valence-corrected chi connectivity index (χ3v) is 9.22. The molecule has 4 aromatic rings. The molecular formula is C24H21ClN3OS3+. The lowest BCUT2D eigenvalue weighted by atomic mass is 10.2. The summed E-state index contributed by atoms with van der Waals surface area (Å²) in [5.74, 6) is 0. The molecule has 1 aliphatic rings. The zero-order valence-electron chi connectivity index (χ0n) is 17.6. The standard InChI is InChI=1S/C24H21ClN3OS3/c1-3-28-20(14-19-27(12-13-30-19)15-16-8-5-4-6-9-16)31-22(23(28)29)24-26(2)18-11-7-10-17(25)21(18)32-24/h4-14H,3,15H2,1-2H3/q+1/b24-22+. The van der Waals surface area contributed by atoms with Gasteiger partial charge in [0.1, 0.15) is 14.2 Å². The Labute approximate surface area is 203 Å². The second kappa shape index (κ2) is 8.90. The molecule has 0 spiro atoms. The Balaban J connectivity index is 1.62. The Morgan fingerprint density at radius 2 is 1.94 bits per heavy atom. The van der Waals surface area contributed by atoms with Crippen LogP contribution < -0.4 is 24.2 Å². The molecule has 0 bridgehead atoms. The minimum absolute atomic E-state index is 0.0493. The number of thioether (sulfide) groups is 1. The highest BCUT2D eigenvalue weighted by Crippen LogP contribution is 2.48. The number of benzene rings is 2. The summed E-state index contributed by atoms with van der Waals surface area (Å²) < 4.78 is 5.80. The maximum Gasteiger partial charge on any atom is 0.271 e. The monoisotopic (exact) mass is 498 g/mol. The predicted molar refractivity (Wildman–Crippen MR) is 136 cm³/mol. The topological polar surface area (TPSA) is 29.1 Å². The number of thiazole rings is 2. The zero-order valence-corrected chi connectivity index (χ0v) is 20.8. The van der Waals surface area contributed by atoms with Crippen molar-refractivity contribution in [3.05, 3.63) is 95.3 Å². The van der Waals surface area contributed by atoms with E-state index in [2.05, 4.69) is 51.4 Å². The molecule has 0 N–H and O–H groups in total. The first-order valence-electron chi connectivity index (χ1n) is 10.2. The molecule has 0 atom stereocenters. The number of halogens is 1. The van der Waals surface area contributed by atoms with Crippen LogP contribution in [0.15, 0.2) is 69.8 Å². The van der Waals surface area contributed by atoms with Gasteiger partial charge in [0.05, 0.1) is 27.1 Å². The van der Waals surface area contributed by atoms with Gasteiger partial charge in [0, 0.05) is 19.2 Å². The molecule has 0 saturated heterocycles. The zero-order chi connectivity index (χ0) is 22.2. The van der Waals surface area contributed by atoms with Gasteiger partial charge < -0.3 is 4.90 Å². The number of fused-ring (bicyclic) bond motifs is 1. The summed E-state index contributed by atoms with van der Waals surface area (Å²) in [7, 11) is 2.00. The average Bonchev–Trinajstić information content (AvgIpc) is 3.46. The highest BCUT2D eigenvalue weighted by molar-refractivity contribution is 8.08. The molecule has 32 heavy (non-hydrogen) atoms. The normalized spacial score (nSPS) is 15.5. The third-order valence-electron chi connectivity index (χ3n) is 5.39. The fourth-order valence-corrected chi connectivity index (χ4v) is 7.36. The van der Waals surface area contributed by atoms with E-state index in [9.17, 15) is 4.79 Å². The van der Waals surface area contributed by atoms with Crippen LogP contribution in [0.1, 0.15) is 17.5 Å². The number of hydrogen-bond donors (Lipinski definition) is 0. The van der Waals surface area contributed by atoms with Crippen LogP contribution in [0, 0.1) is 0 Å². The Morgan fingerprint density at radius 3 is 2.69 bits per heavy atom. The van der Waals surface area contributed by atoms with Gasteiger partial charge in [-0.05, 0) is 19.1 Å². The molecular weight excluding hydrogens is 478 g/mol. The molecule has 0 radical (unpaired) electrons. The Morgan fingerprint density at radius 1 is 1.12 bits per heavy atom. The van der Waals surface area contributed by atoms with Crippen molar-refractivity contribution in [2.45, 2.75) is 24.9 Å². The summed E-state index contributed by atoms with van der Waals surface area (Å²) in [6.45, 7) is 3.44. The molecule has 3 heterocycles. The van der Waals surface area contributed by atoms with Crippen LogP contribution in [0.25, 0.3) is 11.1 Å². The minimum Gasteiger partial charge on any atom is -0.337 e. The van der Waals surface area contributed by atoms with Crippen molar-refractivity contribution < 1.29 is 4.57 Å². The van der Waals surface area contributed by atoms with E-state index in [1.54, 1.807) is 34.4 Å². The summed E-state index contributed by atoms with van der Waals surface area (Å²) in [5, 5.41) is 4.86. The van der Waals surface area contributed by atoms with Gasteiger partial charge in [-0.2, -0.15) is 4.57 Å². The average molecular weight is 499 g/mol. The number of nitrogens with zero attached hydrogens (tertiary/aromatic N) is 3. The molecule has 0 saturated carbocycles.